The lowest BCUT2D eigenvalue weighted by atomic mass is 9.76. The molecule has 0 N–H and O–H groups in total. The number of fused-ring (bicyclic) bond motifs is 1. The van der Waals surface area contributed by atoms with Gasteiger partial charge in [0.25, 0.3) is 0 Å². The van der Waals surface area contributed by atoms with E-state index in [4.69, 9.17) is 11.6 Å². The van der Waals surface area contributed by atoms with Gasteiger partial charge in [-0.25, -0.2) is 9.97 Å². The predicted octanol–water partition coefficient (Wildman–Crippen LogP) is 3.31. The molecule has 0 amide bonds. The van der Waals surface area contributed by atoms with E-state index >= 15 is 0 Å². The lowest BCUT2D eigenvalue weighted by molar-refractivity contribution is 0.307. The Morgan fingerprint density at radius 1 is 1.50 bits per heavy atom. The first-order valence-electron chi connectivity index (χ1n) is 5.18. The third-order valence-electron chi connectivity index (χ3n) is 3.10. The van der Waals surface area contributed by atoms with E-state index in [-0.39, 0.29) is 0 Å². The van der Waals surface area contributed by atoms with Crippen LogP contribution >= 0.6 is 34.2 Å². The highest BCUT2D eigenvalue weighted by atomic mass is 127. The molecule has 1 radical (unpaired) electrons. The van der Waals surface area contributed by atoms with Crippen molar-refractivity contribution in [1.29, 1.82) is 0 Å². The normalized spacial score (nSPS) is 24.7. The Bertz CT molecular complexity index is 545. The van der Waals surface area contributed by atoms with Gasteiger partial charge in [0.1, 0.15) is 15.0 Å². The maximum atomic E-state index is 6.08. The van der Waals surface area contributed by atoms with Crippen LogP contribution < -0.4 is 0 Å². The van der Waals surface area contributed by atoms with E-state index in [1.165, 1.54) is 0 Å². The molecule has 5 heteroatoms. The van der Waals surface area contributed by atoms with E-state index in [9.17, 15) is 0 Å². The Balaban J connectivity index is 2.16. The van der Waals surface area contributed by atoms with Gasteiger partial charge in [0.15, 0.2) is 5.15 Å². The topological polar surface area (TPSA) is 30.2 Å². The van der Waals surface area contributed by atoms with Crippen molar-refractivity contribution in [3.63, 3.8) is 0 Å². The Morgan fingerprint density at radius 3 is 2.94 bits per heavy atom. The third-order valence-corrected chi connectivity index (χ3v) is 4.12. The molecule has 2 heterocycles. The summed E-state index contributed by atoms with van der Waals surface area (Å²) in [6.07, 6.45) is 5.89. The summed E-state index contributed by atoms with van der Waals surface area (Å²) in [7, 11) is 0. The van der Waals surface area contributed by atoms with E-state index in [2.05, 4.69) is 43.9 Å². The zero-order valence-corrected chi connectivity index (χ0v) is 11.4. The van der Waals surface area contributed by atoms with Crippen molar-refractivity contribution in [3.05, 3.63) is 34.0 Å². The van der Waals surface area contributed by atoms with Crippen LogP contribution in [0.5, 0.6) is 0 Å². The number of rotatable bonds is 1. The predicted molar refractivity (Wildman–Crippen MR) is 71.5 cm³/mol. The fourth-order valence-corrected chi connectivity index (χ4v) is 3.38. The highest BCUT2D eigenvalue weighted by molar-refractivity contribution is 14.1. The Labute approximate surface area is 112 Å². The van der Waals surface area contributed by atoms with Gasteiger partial charge in [-0.05, 0) is 41.4 Å². The zero-order valence-electron chi connectivity index (χ0n) is 8.53. The quantitative estimate of drug-likeness (QED) is 0.742. The molecule has 1 fully saturated rings. The van der Waals surface area contributed by atoms with Crippen molar-refractivity contribution in [2.75, 3.05) is 0 Å². The highest BCUT2D eigenvalue weighted by Crippen LogP contribution is 2.41. The van der Waals surface area contributed by atoms with Gasteiger partial charge in [0.05, 0.1) is 0 Å². The van der Waals surface area contributed by atoms with Gasteiger partial charge in [0.2, 0.25) is 0 Å². The molecule has 0 spiro atoms. The first-order chi connectivity index (χ1) is 7.66. The number of imidazole rings is 1. The van der Waals surface area contributed by atoms with Crippen LogP contribution in [-0.4, -0.2) is 14.4 Å². The van der Waals surface area contributed by atoms with Crippen LogP contribution in [0, 0.1) is 16.5 Å². The fourth-order valence-electron chi connectivity index (χ4n) is 2.22. The van der Waals surface area contributed by atoms with Crippen LogP contribution in [0.3, 0.4) is 0 Å². The molecule has 0 aromatic carbocycles. The molecule has 2 aromatic heterocycles. The highest BCUT2D eigenvalue weighted by Gasteiger charge is 2.31. The summed E-state index contributed by atoms with van der Waals surface area (Å²) in [6, 6.07) is 0. The van der Waals surface area contributed by atoms with Crippen LogP contribution in [0.2, 0.25) is 5.15 Å². The van der Waals surface area contributed by atoms with Crippen molar-refractivity contribution in [2.24, 2.45) is 5.92 Å². The van der Waals surface area contributed by atoms with Gasteiger partial charge >= 0.3 is 0 Å². The number of aromatic nitrogens is 3. The summed E-state index contributed by atoms with van der Waals surface area (Å²) in [5.74, 6) is 2.20. The zero-order chi connectivity index (χ0) is 11.3. The van der Waals surface area contributed by atoms with Crippen LogP contribution in [0.15, 0.2) is 12.4 Å². The van der Waals surface area contributed by atoms with Gasteiger partial charge < -0.3 is 0 Å². The van der Waals surface area contributed by atoms with E-state index < -0.39 is 0 Å². The molecule has 3 rings (SSSR count). The molecule has 2 aromatic rings. The van der Waals surface area contributed by atoms with Crippen molar-refractivity contribution in [3.8, 4) is 0 Å². The minimum atomic E-state index is 0.524. The second-order valence-corrected chi connectivity index (χ2v) is 5.61. The second-order valence-electron chi connectivity index (χ2n) is 4.23. The van der Waals surface area contributed by atoms with Gasteiger partial charge in [-0.3, -0.25) is 4.40 Å². The van der Waals surface area contributed by atoms with Crippen LogP contribution in [-0.2, 0) is 0 Å². The number of halogens is 2. The summed E-state index contributed by atoms with van der Waals surface area (Å²) >= 11 is 8.29. The van der Waals surface area contributed by atoms with E-state index in [1.54, 1.807) is 6.20 Å². The molecule has 0 aliphatic heterocycles. The number of nitrogens with zero attached hydrogens (tertiary/aromatic N) is 3. The molecule has 0 bridgehead atoms. The van der Waals surface area contributed by atoms with Crippen molar-refractivity contribution >= 4 is 39.7 Å². The SMILES string of the molecule is [CH2]C1CC(c2nc(I)c3c(Cl)nccn23)C1. The third kappa shape index (κ3) is 1.54. The number of hydrogen-bond donors (Lipinski definition) is 0. The maximum absolute atomic E-state index is 6.08. The van der Waals surface area contributed by atoms with Gasteiger partial charge in [-0.1, -0.05) is 18.5 Å². The molecule has 3 nitrogen and oxygen atoms in total. The average Bonchev–Trinajstić information content (AvgIpc) is 2.53. The molecular formula is C11H10ClIN3. The van der Waals surface area contributed by atoms with Crippen LogP contribution in [0.4, 0.5) is 0 Å². The Kier molecular flexibility index (Phi) is 2.58. The summed E-state index contributed by atoms with van der Waals surface area (Å²) in [4.78, 5) is 8.69. The van der Waals surface area contributed by atoms with Gasteiger partial charge in [0, 0.05) is 18.3 Å². The molecule has 1 aliphatic carbocycles. The van der Waals surface area contributed by atoms with Crippen LogP contribution in [0.1, 0.15) is 24.6 Å². The lowest BCUT2D eigenvalue weighted by Crippen LogP contribution is -2.21. The monoisotopic (exact) mass is 346 g/mol. The first kappa shape index (κ1) is 10.8. The summed E-state index contributed by atoms with van der Waals surface area (Å²) in [5, 5.41) is 0.524. The summed E-state index contributed by atoms with van der Waals surface area (Å²) in [5.41, 5.74) is 0.923. The standard InChI is InChI=1S/C11H10ClIN3/c1-6-4-7(5-6)11-15-10(13)8-9(12)14-2-3-16(8)11/h2-3,6-7H,1,4-5H2. The van der Waals surface area contributed by atoms with Crippen LogP contribution in [0.25, 0.3) is 5.52 Å². The molecular weight excluding hydrogens is 336 g/mol. The average molecular weight is 347 g/mol. The van der Waals surface area contributed by atoms with Crippen molar-refractivity contribution in [1.82, 2.24) is 14.4 Å². The fraction of sp³-hybridized carbons (Fsp3) is 0.364. The van der Waals surface area contributed by atoms with Gasteiger partial charge in [-0.15, -0.1) is 0 Å². The first-order valence-corrected chi connectivity index (χ1v) is 6.63. The number of hydrogen-bond acceptors (Lipinski definition) is 2. The van der Waals surface area contributed by atoms with Gasteiger partial charge in [-0.2, -0.15) is 0 Å². The largest absolute Gasteiger partial charge is 0.298 e. The summed E-state index contributed by atoms with van der Waals surface area (Å²) < 4.78 is 2.99. The Morgan fingerprint density at radius 2 is 2.25 bits per heavy atom. The smallest absolute Gasteiger partial charge is 0.155 e. The molecule has 16 heavy (non-hydrogen) atoms. The Hall–Kier alpha value is -0.360. The van der Waals surface area contributed by atoms with Crippen molar-refractivity contribution < 1.29 is 0 Å². The second kappa shape index (κ2) is 3.84. The molecule has 1 saturated carbocycles. The maximum Gasteiger partial charge on any atom is 0.155 e. The van der Waals surface area contributed by atoms with Crippen molar-refractivity contribution in [2.45, 2.75) is 18.8 Å². The minimum Gasteiger partial charge on any atom is -0.298 e. The van der Waals surface area contributed by atoms with E-state index in [1.807, 2.05) is 6.20 Å². The van der Waals surface area contributed by atoms with E-state index in [0.717, 1.165) is 27.9 Å². The lowest BCUT2D eigenvalue weighted by Gasteiger charge is -2.31. The molecule has 1 aliphatic rings. The minimum absolute atomic E-state index is 0.524. The molecule has 0 atom stereocenters. The molecule has 0 unspecified atom stereocenters. The summed E-state index contributed by atoms with van der Waals surface area (Å²) in [6.45, 7) is 4.05. The van der Waals surface area contributed by atoms with E-state index in [0.29, 0.717) is 17.0 Å². The molecule has 83 valence electrons. The molecule has 0 saturated heterocycles.